The Balaban J connectivity index is 1.46. The van der Waals surface area contributed by atoms with Gasteiger partial charge in [-0.3, -0.25) is 9.59 Å². The van der Waals surface area contributed by atoms with Gasteiger partial charge in [0.1, 0.15) is 6.61 Å². The highest BCUT2D eigenvalue weighted by molar-refractivity contribution is 5.78. The molecule has 3 heterocycles. The third kappa shape index (κ3) is 3.26. The molecule has 2 N–H and O–H groups in total. The Morgan fingerprint density at radius 2 is 2.19 bits per heavy atom. The number of hydrogen-bond acceptors (Lipinski definition) is 3. The molecule has 6 heteroatoms. The van der Waals surface area contributed by atoms with Gasteiger partial charge in [0.05, 0.1) is 5.60 Å². The summed E-state index contributed by atoms with van der Waals surface area (Å²) in [5.41, 5.74) is 0.833. The number of aromatic amines is 1. The van der Waals surface area contributed by atoms with Crippen molar-refractivity contribution in [2.75, 3.05) is 26.2 Å². The number of nitrogens with one attached hydrogen (secondary N) is 2. The Hall–Kier alpha value is -1.82. The van der Waals surface area contributed by atoms with Crippen LogP contribution in [0.3, 0.4) is 0 Å². The van der Waals surface area contributed by atoms with Crippen molar-refractivity contribution in [2.45, 2.75) is 31.3 Å². The van der Waals surface area contributed by atoms with Gasteiger partial charge in [-0.2, -0.15) is 0 Å². The van der Waals surface area contributed by atoms with E-state index in [1.807, 2.05) is 23.2 Å². The average Bonchev–Trinajstić information content (AvgIpc) is 3.02. The second-order valence-electron chi connectivity index (χ2n) is 5.82. The number of morpholine rings is 1. The van der Waals surface area contributed by atoms with Crippen LogP contribution in [0.5, 0.6) is 0 Å². The Morgan fingerprint density at radius 3 is 2.81 bits per heavy atom. The first-order valence-electron chi connectivity index (χ1n) is 7.48. The normalized spacial score (nSPS) is 21.3. The van der Waals surface area contributed by atoms with Crippen molar-refractivity contribution in [1.29, 1.82) is 0 Å². The lowest BCUT2D eigenvalue weighted by Gasteiger charge is -2.43. The first kappa shape index (κ1) is 14.1. The zero-order valence-electron chi connectivity index (χ0n) is 12.1. The zero-order valence-corrected chi connectivity index (χ0v) is 12.1. The molecule has 2 amide bonds. The molecule has 1 spiro atoms. The SMILES string of the molecule is O=C1COC2(CCN(C(=O)CCc3ccc[nH]3)CC2)CN1. The monoisotopic (exact) mass is 291 g/mol. The fourth-order valence-electron chi connectivity index (χ4n) is 2.99. The molecule has 21 heavy (non-hydrogen) atoms. The van der Waals surface area contributed by atoms with E-state index in [9.17, 15) is 9.59 Å². The number of hydrogen-bond donors (Lipinski definition) is 2. The van der Waals surface area contributed by atoms with Crippen molar-refractivity contribution >= 4 is 11.8 Å². The fraction of sp³-hybridized carbons (Fsp3) is 0.600. The number of ether oxygens (including phenoxy) is 1. The Labute approximate surface area is 123 Å². The van der Waals surface area contributed by atoms with Crippen molar-refractivity contribution in [3.63, 3.8) is 0 Å². The molecule has 2 saturated heterocycles. The molecule has 0 bridgehead atoms. The molecule has 0 saturated carbocycles. The molecule has 0 aliphatic carbocycles. The van der Waals surface area contributed by atoms with Crippen LogP contribution in [0, 0.1) is 0 Å². The predicted molar refractivity (Wildman–Crippen MR) is 76.6 cm³/mol. The minimum atomic E-state index is -0.260. The second-order valence-corrected chi connectivity index (χ2v) is 5.82. The van der Waals surface area contributed by atoms with Gasteiger partial charge in [0, 0.05) is 37.9 Å². The summed E-state index contributed by atoms with van der Waals surface area (Å²) in [6.07, 6.45) is 4.74. The van der Waals surface area contributed by atoms with E-state index in [4.69, 9.17) is 4.74 Å². The van der Waals surface area contributed by atoms with E-state index in [2.05, 4.69) is 10.3 Å². The van der Waals surface area contributed by atoms with Crippen LogP contribution >= 0.6 is 0 Å². The molecular weight excluding hydrogens is 270 g/mol. The summed E-state index contributed by atoms with van der Waals surface area (Å²) in [5.74, 6) is 0.143. The highest BCUT2D eigenvalue weighted by Crippen LogP contribution is 2.28. The predicted octanol–water partition coefficient (Wildman–Crippen LogP) is 0.455. The number of piperidine rings is 1. The van der Waals surface area contributed by atoms with E-state index in [-0.39, 0.29) is 24.0 Å². The summed E-state index contributed by atoms with van der Waals surface area (Å²) in [4.78, 5) is 28.4. The van der Waals surface area contributed by atoms with E-state index in [0.717, 1.165) is 25.0 Å². The van der Waals surface area contributed by atoms with Gasteiger partial charge >= 0.3 is 0 Å². The van der Waals surface area contributed by atoms with E-state index in [1.165, 1.54) is 0 Å². The van der Waals surface area contributed by atoms with Crippen LogP contribution in [0.2, 0.25) is 0 Å². The van der Waals surface area contributed by atoms with Crippen molar-refractivity contribution in [1.82, 2.24) is 15.2 Å². The summed E-state index contributed by atoms with van der Waals surface area (Å²) in [6.45, 7) is 2.12. The number of aromatic nitrogens is 1. The molecule has 2 aliphatic rings. The van der Waals surface area contributed by atoms with E-state index in [0.29, 0.717) is 26.1 Å². The van der Waals surface area contributed by atoms with E-state index < -0.39 is 0 Å². The van der Waals surface area contributed by atoms with Gasteiger partial charge in [0.15, 0.2) is 0 Å². The van der Waals surface area contributed by atoms with Gasteiger partial charge in [0.2, 0.25) is 11.8 Å². The molecule has 0 radical (unpaired) electrons. The number of carbonyl (C=O) groups is 2. The molecule has 2 fully saturated rings. The van der Waals surface area contributed by atoms with Crippen LogP contribution in [-0.2, 0) is 20.7 Å². The summed E-state index contributed by atoms with van der Waals surface area (Å²) >= 11 is 0. The zero-order chi connectivity index (χ0) is 14.7. The molecule has 6 nitrogen and oxygen atoms in total. The molecule has 0 atom stereocenters. The summed E-state index contributed by atoms with van der Waals surface area (Å²) in [5, 5.41) is 2.86. The minimum absolute atomic E-state index is 0.0509. The van der Waals surface area contributed by atoms with Crippen LogP contribution < -0.4 is 5.32 Å². The van der Waals surface area contributed by atoms with Crippen molar-refractivity contribution < 1.29 is 14.3 Å². The van der Waals surface area contributed by atoms with Crippen LogP contribution in [0.25, 0.3) is 0 Å². The van der Waals surface area contributed by atoms with Crippen molar-refractivity contribution in [3.05, 3.63) is 24.0 Å². The van der Waals surface area contributed by atoms with E-state index in [1.54, 1.807) is 0 Å². The quantitative estimate of drug-likeness (QED) is 0.849. The lowest BCUT2D eigenvalue weighted by molar-refractivity contribution is -0.154. The molecule has 0 aromatic carbocycles. The van der Waals surface area contributed by atoms with Gasteiger partial charge in [-0.15, -0.1) is 0 Å². The molecule has 1 aromatic rings. The number of amides is 2. The highest BCUT2D eigenvalue weighted by Gasteiger charge is 2.39. The third-order valence-corrected chi connectivity index (χ3v) is 4.42. The fourth-order valence-corrected chi connectivity index (χ4v) is 2.99. The van der Waals surface area contributed by atoms with Gasteiger partial charge < -0.3 is 19.9 Å². The lowest BCUT2D eigenvalue weighted by atomic mass is 9.90. The number of aryl methyl sites for hydroxylation is 1. The molecule has 1 aromatic heterocycles. The van der Waals surface area contributed by atoms with Crippen molar-refractivity contribution in [2.24, 2.45) is 0 Å². The maximum absolute atomic E-state index is 12.2. The standard InChI is InChI=1S/C15H21N3O3/c19-13-10-21-15(11-17-13)5-8-18(9-6-15)14(20)4-3-12-2-1-7-16-12/h1-2,7,16H,3-6,8-11H2,(H,17,19). The average molecular weight is 291 g/mol. The number of rotatable bonds is 3. The highest BCUT2D eigenvalue weighted by atomic mass is 16.5. The molecule has 2 aliphatic heterocycles. The first-order valence-corrected chi connectivity index (χ1v) is 7.48. The van der Waals surface area contributed by atoms with Gasteiger partial charge in [-0.25, -0.2) is 0 Å². The number of carbonyl (C=O) groups excluding carboxylic acids is 2. The third-order valence-electron chi connectivity index (χ3n) is 4.42. The maximum atomic E-state index is 12.2. The number of nitrogens with zero attached hydrogens (tertiary/aromatic N) is 1. The topological polar surface area (TPSA) is 74.4 Å². The van der Waals surface area contributed by atoms with Crippen LogP contribution in [0.15, 0.2) is 18.3 Å². The largest absolute Gasteiger partial charge is 0.365 e. The smallest absolute Gasteiger partial charge is 0.246 e. The summed E-state index contributed by atoms with van der Waals surface area (Å²) in [7, 11) is 0. The number of likely N-dealkylation sites (tertiary alicyclic amines) is 1. The first-order chi connectivity index (χ1) is 10.2. The Morgan fingerprint density at radius 1 is 1.38 bits per heavy atom. The summed E-state index contributed by atoms with van der Waals surface area (Å²) < 4.78 is 5.71. The minimum Gasteiger partial charge on any atom is -0.365 e. The van der Waals surface area contributed by atoms with Gasteiger partial charge in [0.25, 0.3) is 0 Å². The summed E-state index contributed by atoms with van der Waals surface area (Å²) in [6, 6.07) is 3.94. The van der Waals surface area contributed by atoms with Gasteiger partial charge in [-0.05, 0) is 31.4 Å². The van der Waals surface area contributed by atoms with Crippen LogP contribution in [0.4, 0.5) is 0 Å². The Bertz CT molecular complexity index is 492. The lowest BCUT2D eigenvalue weighted by Crippen LogP contribution is -2.58. The number of H-pyrrole nitrogens is 1. The van der Waals surface area contributed by atoms with Crippen LogP contribution in [0.1, 0.15) is 25.0 Å². The van der Waals surface area contributed by atoms with Crippen LogP contribution in [-0.4, -0.2) is 53.5 Å². The van der Waals surface area contributed by atoms with E-state index >= 15 is 0 Å². The van der Waals surface area contributed by atoms with Crippen molar-refractivity contribution in [3.8, 4) is 0 Å². The maximum Gasteiger partial charge on any atom is 0.246 e. The molecule has 0 unspecified atom stereocenters. The molecule has 3 rings (SSSR count). The van der Waals surface area contributed by atoms with Gasteiger partial charge in [-0.1, -0.05) is 0 Å². The molecular formula is C15H21N3O3. The Kier molecular flexibility index (Phi) is 3.96. The molecule has 114 valence electrons. The second kappa shape index (κ2) is 5.89.